The summed E-state index contributed by atoms with van der Waals surface area (Å²) < 4.78 is 28.2. The Labute approximate surface area is 83.5 Å². The number of phosphoric ester groups is 1. The molecule has 80 valence electrons. The fourth-order valence-electron chi connectivity index (χ4n) is 1.14. The molecule has 0 bridgehead atoms. The molecular formula is C9H15O4P. The summed E-state index contributed by atoms with van der Waals surface area (Å²) in [5, 5.41) is 0. The van der Waals surface area contributed by atoms with E-state index in [0.29, 0.717) is 0 Å². The van der Waals surface area contributed by atoms with Crippen molar-refractivity contribution in [3.63, 3.8) is 0 Å². The first kappa shape index (κ1) is 9.34. The topological polar surface area (TPSA) is 44.8 Å². The molecule has 0 saturated heterocycles. The molecule has 3 saturated carbocycles. The van der Waals surface area contributed by atoms with Gasteiger partial charge >= 0.3 is 7.82 Å². The zero-order chi connectivity index (χ0) is 9.60. The van der Waals surface area contributed by atoms with Gasteiger partial charge in [-0.2, -0.15) is 0 Å². The molecule has 3 rings (SSSR count). The molecule has 4 nitrogen and oxygen atoms in total. The first-order valence-electron chi connectivity index (χ1n) is 5.39. The van der Waals surface area contributed by atoms with Crippen molar-refractivity contribution in [1.29, 1.82) is 0 Å². The maximum absolute atomic E-state index is 12.1. The van der Waals surface area contributed by atoms with Crippen molar-refractivity contribution in [2.75, 3.05) is 0 Å². The number of hydrogen-bond acceptors (Lipinski definition) is 4. The first-order valence-corrected chi connectivity index (χ1v) is 6.85. The second kappa shape index (κ2) is 3.31. The fraction of sp³-hybridized carbons (Fsp3) is 1.00. The molecule has 0 aliphatic heterocycles. The van der Waals surface area contributed by atoms with Crippen molar-refractivity contribution in [2.45, 2.75) is 56.8 Å². The molecule has 3 aliphatic carbocycles. The van der Waals surface area contributed by atoms with Crippen LogP contribution in [0.15, 0.2) is 0 Å². The van der Waals surface area contributed by atoms with Gasteiger partial charge in [-0.1, -0.05) is 0 Å². The normalized spacial score (nSPS) is 28.0. The van der Waals surface area contributed by atoms with Crippen molar-refractivity contribution in [2.24, 2.45) is 0 Å². The van der Waals surface area contributed by atoms with E-state index in [-0.39, 0.29) is 18.3 Å². The molecule has 3 aliphatic rings. The highest BCUT2D eigenvalue weighted by atomic mass is 31.2. The van der Waals surface area contributed by atoms with Gasteiger partial charge in [-0.25, -0.2) is 4.57 Å². The zero-order valence-corrected chi connectivity index (χ0v) is 8.95. The van der Waals surface area contributed by atoms with Crippen molar-refractivity contribution in [3.05, 3.63) is 0 Å². The van der Waals surface area contributed by atoms with E-state index in [4.69, 9.17) is 13.6 Å². The molecule has 0 aromatic carbocycles. The van der Waals surface area contributed by atoms with Crippen LogP contribution in [0.1, 0.15) is 38.5 Å². The maximum atomic E-state index is 12.1. The third kappa shape index (κ3) is 2.57. The number of rotatable bonds is 6. The van der Waals surface area contributed by atoms with Gasteiger partial charge in [0.05, 0.1) is 18.3 Å². The summed E-state index contributed by atoms with van der Waals surface area (Å²) in [6.45, 7) is 0. The van der Waals surface area contributed by atoms with E-state index in [1.165, 1.54) is 0 Å². The van der Waals surface area contributed by atoms with Crippen molar-refractivity contribution >= 4 is 7.82 Å². The van der Waals surface area contributed by atoms with E-state index >= 15 is 0 Å². The van der Waals surface area contributed by atoms with Crippen molar-refractivity contribution in [3.8, 4) is 0 Å². The summed E-state index contributed by atoms with van der Waals surface area (Å²) in [7, 11) is -3.20. The summed E-state index contributed by atoms with van der Waals surface area (Å²) in [5.41, 5.74) is 0. The molecular weight excluding hydrogens is 203 g/mol. The standard InChI is InChI=1S/C9H15O4P/c10-14(11-7-1-2-7,12-8-3-4-8)13-9-5-6-9/h7-9H,1-6H2. The van der Waals surface area contributed by atoms with E-state index in [1.54, 1.807) is 0 Å². The lowest BCUT2D eigenvalue weighted by atomic mass is 10.9. The highest BCUT2D eigenvalue weighted by Crippen LogP contribution is 2.60. The number of phosphoric acid groups is 1. The molecule has 0 N–H and O–H groups in total. The van der Waals surface area contributed by atoms with Gasteiger partial charge in [-0.15, -0.1) is 0 Å². The lowest BCUT2D eigenvalue weighted by Crippen LogP contribution is -2.04. The largest absolute Gasteiger partial charge is 0.475 e. The van der Waals surface area contributed by atoms with E-state index in [1.807, 2.05) is 0 Å². The Hall–Kier alpha value is 0.110. The van der Waals surface area contributed by atoms with Crippen LogP contribution >= 0.6 is 7.82 Å². The predicted molar refractivity (Wildman–Crippen MR) is 49.9 cm³/mol. The van der Waals surface area contributed by atoms with Gasteiger partial charge in [0.2, 0.25) is 0 Å². The quantitative estimate of drug-likeness (QED) is 0.643. The Morgan fingerprint density at radius 2 is 1.00 bits per heavy atom. The smallest absolute Gasteiger partial charge is 0.284 e. The summed E-state index contributed by atoms with van der Waals surface area (Å²) in [6.07, 6.45) is 6.32. The highest BCUT2D eigenvalue weighted by Gasteiger charge is 2.44. The van der Waals surface area contributed by atoms with Crippen LogP contribution in [-0.4, -0.2) is 18.3 Å². The fourth-order valence-corrected chi connectivity index (χ4v) is 3.02. The van der Waals surface area contributed by atoms with Crippen LogP contribution in [0.3, 0.4) is 0 Å². The third-order valence-electron chi connectivity index (χ3n) is 2.41. The van der Waals surface area contributed by atoms with E-state index < -0.39 is 7.82 Å². The van der Waals surface area contributed by atoms with Crippen LogP contribution in [-0.2, 0) is 18.1 Å². The summed E-state index contributed by atoms with van der Waals surface area (Å²) in [4.78, 5) is 0. The zero-order valence-electron chi connectivity index (χ0n) is 8.05. The van der Waals surface area contributed by atoms with Gasteiger partial charge < -0.3 is 0 Å². The first-order chi connectivity index (χ1) is 6.73. The van der Waals surface area contributed by atoms with Gasteiger partial charge in [-0.3, -0.25) is 13.6 Å². The lowest BCUT2D eigenvalue weighted by Gasteiger charge is -2.17. The van der Waals surface area contributed by atoms with Crippen molar-refractivity contribution < 1.29 is 18.1 Å². The Morgan fingerprint density at radius 3 is 1.21 bits per heavy atom. The second-order valence-electron chi connectivity index (χ2n) is 4.36. The molecule has 3 fully saturated rings. The maximum Gasteiger partial charge on any atom is 0.475 e. The Morgan fingerprint density at radius 1 is 0.714 bits per heavy atom. The molecule has 5 heteroatoms. The van der Waals surface area contributed by atoms with Gasteiger partial charge in [0.25, 0.3) is 0 Å². The van der Waals surface area contributed by atoms with Crippen LogP contribution in [0.25, 0.3) is 0 Å². The second-order valence-corrected chi connectivity index (χ2v) is 5.89. The van der Waals surface area contributed by atoms with E-state index in [2.05, 4.69) is 0 Å². The molecule has 0 aromatic rings. The summed E-state index contributed by atoms with van der Waals surface area (Å²) in [5.74, 6) is 0. The third-order valence-corrected chi connectivity index (χ3v) is 4.08. The Balaban J connectivity index is 1.59. The minimum absolute atomic E-state index is 0.123. The molecule has 0 heterocycles. The molecule has 0 amide bonds. The Bertz CT molecular complexity index is 225. The lowest BCUT2D eigenvalue weighted by molar-refractivity contribution is 0.0972. The number of hydrogen-bond donors (Lipinski definition) is 0. The van der Waals surface area contributed by atoms with Gasteiger partial charge in [-0.05, 0) is 38.5 Å². The average molecular weight is 218 g/mol. The molecule has 0 atom stereocenters. The van der Waals surface area contributed by atoms with Crippen LogP contribution in [0.2, 0.25) is 0 Å². The van der Waals surface area contributed by atoms with Gasteiger partial charge in [0.1, 0.15) is 0 Å². The molecule has 0 unspecified atom stereocenters. The van der Waals surface area contributed by atoms with Crippen molar-refractivity contribution in [1.82, 2.24) is 0 Å². The van der Waals surface area contributed by atoms with Gasteiger partial charge in [0, 0.05) is 0 Å². The Kier molecular flexibility index (Phi) is 2.21. The van der Waals surface area contributed by atoms with Crippen LogP contribution in [0.5, 0.6) is 0 Å². The van der Waals surface area contributed by atoms with Crippen LogP contribution in [0, 0.1) is 0 Å². The molecule has 0 spiro atoms. The van der Waals surface area contributed by atoms with Crippen LogP contribution in [0.4, 0.5) is 0 Å². The monoisotopic (exact) mass is 218 g/mol. The summed E-state index contributed by atoms with van der Waals surface area (Å²) in [6, 6.07) is 0. The van der Waals surface area contributed by atoms with E-state index in [0.717, 1.165) is 38.5 Å². The minimum Gasteiger partial charge on any atom is -0.284 e. The van der Waals surface area contributed by atoms with E-state index in [9.17, 15) is 4.57 Å². The summed E-state index contributed by atoms with van der Waals surface area (Å²) >= 11 is 0. The highest BCUT2D eigenvalue weighted by molar-refractivity contribution is 7.48. The molecule has 0 radical (unpaired) electrons. The minimum atomic E-state index is -3.20. The average Bonchev–Trinajstić information content (AvgIpc) is 2.90. The molecule has 14 heavy (non-hydrogen) atoms. The molecule has 0 aromatic heterocycles. The SMILES string of the molecule is O=P(OC1CC1)(OC1CC1)OC1CC1. The predicted octanol–water partition coefficient (Wildman–Crippen LogP) is 2.63. The van der Waals surface area contributed by atoms with Crippen LogP contribution < -0.4 is 0 Å². The van der Waals surface area contributed by atoms with Gasteiger partial charge in [0.15, 0.2) is 0 Å².